The van der Waals surface area contributed by atoms with Crippen LogP contribution in [0.5, 0.6) is 0 Å². The molecule has 2 rings (SSSR count). The summed E-state index contributed by atoms with van der Waals surface area (Å²) < 4.78 is 0. The van der Waals surface area contributed by atoms with Crippen molar-refractivity contribution in [3.63, 3.8) is 0 Å². The summed E-state index contributed by atoms with van der Waals surface area (Å²) in [5.74, 6) is 1.30. The van der Waals surface area contributed by atoms with Gasteiger partial charge in [-0.25, -0.2) is 0 Å². The molecule has 1 aliphatic heterocycles. The monoisotopic (exact) mass is 242 g/mol. The second-order valence-electron chi connectivity index (χ2n) is 5.29. The Morgan fingerprint density at radius 1 is 1.31 bits per heavy atom. The minimum Gasteiger partial charge on any atom is -0.310 e. The zero-order valence-electron chi connectivity index (χ0n) is 10.7. The average Bonchev–Trinajstić information content (AvgIpc) is 3.10. The van der Waals surface area contributed by atoms with Crippen LogP contribution in [-0.2, 0) is 0 Å². The van der Waals surface area contributed by atoms with Crippen molar-refractivity contribution in [2.75, 3.05) is 25.1 Å². The number of hydrogen-bond donors (Lipinski definition) is 1. The van der Waals surface area contributed by atoms with Crippen molar-refractivity contribution in [3.8, 4) is 0 Å². The van der Waals surface area contributed by atoms with Crippen molar-refractivity contribution in [1.29, 1.82) is 0 Å². The Balaban J connectivity index is 1.79. The van der Waals surface area contributed by atoms with Crippen molar-refractivity contribution in [2.45, 2.75) is 57.2 Å². The quantitative estimate of drug-likeness (QED) is 0.770. The molecule has 1 aliphatic carbocycles. The first kappa shape index (κ1) is 12.7. The summed E-state index contributed by atoms with van der Waals surface area (Å²) >= 11 is 1.99. The molecule has 3 heteroatoms. The third-order valence-electron chi connectivity index (χ3n) is 3.85. The number of piperidine rings is 1. The Labute approximate surface area is 105 Å². The van der Waals surface area contributed by atoms with Crippen LogP contribution in [0.15, 0.2) is 0 Å². The number of likely N-dealkylation sites (tertiary alicyclic amines) is 1. The van der Waals surface area contributed by atoms with Crippen molar-refractivity contribution < 1.29 is 0 Å². The molecule has 2 nitrogen and oxygen atoms in total. The van der Waals surface area contributed by atoms with E-state index in [-0.39, 0.29) is 0 Å². The van der Waals surface area contributed by atoms with Gasteiger partial charge in [-0.1, -0.05) is 6.92 Å². The highest BCUT2D eigenvalue weighted by molar-refractivity contribution is 7.98. The van der Waals surface area contributed by atoms with E-state index in [0.717, 1.165) is 18.1 Å². The lowest BCUT2D eigenvalue weighted by Crippen LogP contribution is -2.50. The number of rotatable bonds is 6. The molecule has 0 bridgehead atoms. The molecule has 2 atom stereocenters. The van der Waals surface area contributed by atoms with Gasteiger partial charge in [0.1, 0.15) is 0 Å². The van der Waals surface area contributed by atoms with Crippen molar-refractivity contribution in [3.05, 3.63) is 0 Å². The summed E-state index contributed by atoms with van der Waals surface area (Å²) in [5.41, 5.74) is 0. The molecule has 1 N–H and O–H groups in total. The third-order valence-corrected chi connectivity index (χ3v) is 4.57. The van der Waals surface area contributed by atoms with Crippen LogP contribution in [-0.4, -0.2) is 48.1 Å². The van der Waals surface area contributed by atoms with Crippen LogP contribution in [0.2, 0.25) is 0 Å². The van der Waals surface area contributed by atoms with Crippen LogP contribution in [0, 0.1) is 0 Å². The maximum Gasteiger partial charge on any atom is 0.0198 e. The van der Waals surface area contributed by atoms with E-state index in [4.69, 9.17) is 0 Å². The Morgan fingerprint density at radius 2 is 2.12 bits per heavy atom. The van der Waals surface area contributed by atoms with Gasteiger partial charge >= 0.3 is 0 Å². The Kier molecular flexibility index (Phi) is 4.98. The van der Waals surface area contributed by atoms with E-state index in [1.807, 2.05) is 11.8 Å². The van der Waals surface area contributed by atoms with Gasteiger partial charge in [-0.3, -0.25) is 4.90 Å². The average molecular weight is 242 g/mol. The van der Waals surface area contributed by atoms with E-state index in [1.54, 1.807) is 0 Å². The highest BCUT2D eigenvalue weighted by atomic mass is 32.2. The van der Waals surface area contributed by atoms with E-state index in [0.29, 0.717) is 0 Å². The summed E-state index contributed by atoms with van der Waals surface area (Å²) in [6.07, 6.45) is 9.14. The summed E-state index contributed by atoms with van der Waals surface area (Å²) in [6, 6.07) is 2.45. The summed E-state index contributed by atoms with van der Waals surface area (Å²) in [7, 11) is 0. The van der Waals surface area contributed by atoms with Gasteiger partial charge < -0.3 is 5.32 Å². The molecular formula is C13H26N2S. The smallest absolute Gasteiger partial charge is 0.0198 e. The molecule has 0 aromatic rings. The van der Waals surface area contributed by atoms with Gasteiger partial charge in [0.2, 0.25) is 0 Å². The van der Waals surface area contributed by atoms with Crippen LogP contribution in [0.25, 0.3) is 0 Å². The molecule has 2 aliphatic rings. The molecule has 0 radical (unpaired) electrons. The molecule has 1 heterocycles. The van der Waals surface area contributed by atoms with Gasteiger partial charge in [0, 0.05) is 30.4 Å². The van der Waals surface area contributed by atoms with Gasteiger partial charge in [-0.15, -0.1) is 0 Å². The summed E-state index contributed by atoms with van der Waals surface area (Å²) in [6.45, 7) is 4.94. The molecule has 0 amide bonds. The summed E-state index contributed by atoms with van der Waals surface area (Å²) in [4.78, 5) is 2.72. The van der Waals surface area contributed by atoms with Crippen molar-refractivity contribution in [1.82, 2.24) is 10.2 Å². The first-order chi connectivity index (χ1) is 7.83. The van der Waals surface area contributed by atoms with Crippen molar-refractivity contribution in [2.24, 2.45) is 0 Å². The molecule has 94 valence electrons. The first-order valence-electron chi connectivity index (χ1n) is 6.82. The fourth-order valence-corrected chi connectivity index (χ4v) is 3.56. The molecule has 1 saturated heterocycles. The number of nitrogens with one attached hydrogen (secondary N) is 1. The summed E-state index contributed by atoms with van der Waals surface area (Å²) in [5, 5.41) is 3.80. The molecule has 0 spiro atoms. The molecule has 2 unspecified atom stereocenters. The van der Waals surface area contributed by atoms with E-state index < -0.39 is 0 Å². The zero-order chi connectivity index (χ0) is 11.4. The molecule has 2 fully saturated rings. The van der Waals surface area contributed by atoms with Crippen LogP contribution >= 0.6 is 11.8 Å². The maximum atomic E-state index is 3.80. The SMILES string of the molecule is CCC(CSC)N1CCCC(NC2CC2)C1. The first-order valence-corrected chi connectivity index (χ1v) is 8.22. The van der Waals surface area contributed by atoms with Crippen LogP contribution < -0.4 is 5.32 Å². The minimum atomic E-state index is 0.775. The molecule has 0 aromatic heterocycles. The van der Waals surface area contributed by atoms with E-state index in [1.165, 1.54) is 50.9 Å². The van der Waals surface area contributed by atoms with Gasteiger partial charge in [-0.05, 0) is 44.9 Å². The topological polar surface area (TPSA) is 15.3 Å². The number of thioether (sulfide) groups is 1. The van der Waals surface area contributed by atoms with E-state index in [9.17, 15) is 0 Å². The largest absolute Gasteiger partial charge is 0.310 e. The van der Waals surface area contributed by atoms with Gasteiger partial charge in [0.15, 0.2) is 0 Å². The second kappa shape index (κ2) is 6.27. The third kappa shape index (κ3) is 3.64. The zero-order valence-corrected chi connectivity index (χ0v) is 11.6. The van der Waals surface area contributed by atoms with Crippen LogP contribution in [0.1, 0.15) is 39.0 Å². The Hall–Kier alpha value is 0.270. The number of nitrogens with zero attached hydrogens (tertiary/aromatic N) is 1. The lowest BCUT2D eigenvalue weighted by Gasteiger charge is -2.38. The number of hydrogen-bond acceptors (Lipinski definition) is 3. The lowest BCUT2D eigenvalue weighted by atomic mass is 10.0. The van der Waals surface area contributed by atoms with Crippen LogP contribution in [0.4, 0.5) is 0 Å². The normalized spacial score (nSPS) is 29.2. The highest BCUT2D eigenvalue weighted by Crippen LogP contribution is 2.23. The van der Waals surface area contributed by atoms with Crippen molar-refractivity contribution >= 4 is 11.8 Å². The molecule has 16 heavy (non-hydrogen) atoms. The second-order valence-corrected chi connectivity index (χ2v) is 6.20. The predicted molar refractivity (Wildman–Crippen MR) is 73.2 cm³/mol. The Bertz CT molecular complexity index is 206. The van der Waals surface area contributed by atoms with Gasteiger partial charge in [-0.2, -0.15) is 11.8 Å². The maximum absolute atomic E-state index is 3.80. The van der Waals surface area contributed by atoms with E-state index in [2.05, 4.69) is 23.4 Å². The Morgan fingerprint density at radius 3 is 2.75 bits per heavy atom. The highest BCUT2D eigenvalue weighted by Gasteiger charge is 2.29. The van der Waals surface area contributed by atoms with Crippen LogP contribution in [0.3, 0.4) is 0 Å². The van der Waals surface area contributed by atoms with Gasteiger partial charge in [0.25, 0.3) is 0 Å². The predicted octanol–water partition coefficient (Wildman–Crippen LogP) is 2.34. The van der Waals surface area contributed by atoms with Gasteiger partial charge in [0.05, 0.1) is 0 Å². The lowest BCUT2D eigenvalue weighted by molar-refractivity contribution is 0.144. The standard InChI is InChI=1S/C13H26N2S/c1-3-13(10-16-2)15-8-4-5-12(9-15)14-11-6-7-11/h11-14H,3-10H2,1-2H3. The molecular weight excluding hydrogens is 216 g/mol. The van der Waals surface area contributed by atoms with E-state index >= 15 is 0 Å². The molecule has 1 saturated carbocycles. The fourth-order valence-electron chi connectivity index (χ4n) is 2.73. The molecule has 0 aromatic carbocycles. The fraction of sp³-hybridized carbons (Fsp3) is 1.00. The minimum absolute atomic E-state index is 0.775.